The summed E-state index contributed by atoms with van der Waals surface area (Å²) in [5.41, 5.74) is 2.43. The lowest BCUT2D eigenvalue weighted by Crippen LogP contribution is -2.35. The number of aryl methyl sites for hydroxylation is 2. The molecule has 25 heavy (non-hydrogen) atoms. The first-order chi connectivity index (χ1) is 11.9. The van der Waals surface area contributed by atoms with Crippen molar-refractivity contribution in [2.45, 2.75) is 26.8 Å². The smallest absolute Gasteiger partial charge is 0.234 e. The summed E-state index contributed by atoms with van der Waals surface area (Å²) in [5, 5.41) is 0. The van der Waals surface area contributed by atoms with Gasteiger partial charge in [0.15, 0.2) is 0 Å². The number of hydrogen-bond donors (Lipinski definition) is 0. The molecule has 7 heteroatoms. The van der Waals surface area contributed by atoms with E-state index < -0.39 is 0 Å². The van der Waals surface area contributed by atoms with Gasteiger partial charge in [0.05, 0.1) is 18.2 Å². The Hall–Kier alpha value is -2.83. The van der Waals surface area contributed by atoms with E-state index in [9.17, 15) is 9.59 Å². The van der Waals surface area contributed by atoms with Gasteiger partial charge in [0.1, 0.15) is 0 Å². The number of carbonyl (C=O) groups is 2. The zero-order valence-corrected chi connectivity index (χ0v) is 14.6. The molecule has 1 saturated heterocycles. The number of anilines is 1. The average molecular weight is 339 g/mol. The van der Waals surface area contributed by atoms with Crippen LogP contribution in [0.3, 0.4) is 0 Å². The van der Waals surface area contributed by atoms with E-state index in [0.717, 1.165) is 17.1 Å². The first-order valence-electron chi connectivity index (χ1n) is 8.21. The molecular weight excluding hydrogens is 318 g/mol. The number of rotatable bonds is 4. The minimum absolute atomic E-state index is 0.0289. The molecule has 1 unspecified atom stereocenters. The Morgan fingerprint density at radius 1 is 1.28 bits per heavy atom. The first kappa shape index (κ1) is 17.0. The van der Waals surface area contributed by atoms with Crippen LogP contribution in [0, 0.1) is 19.8 Å². The molecule has 7 nitrogen and oxygen atoms in total. The van der Waals surface area contributed by atoms with Gasteiger partial charge in [-0.1, -0.05) is 6.07 Å². The highest BCUT2D eigenvalue weighted by molar-refractivity contribution is 5.97. The molecule has 1 atom stereocenters. The van der Waals surface area contributed by atoms with Crippen LogP contribution in [0.2, 0.25) is 0 Å². The Kier molecular flexibility index (Phi) is 4.74. The molecule has 1 aliphatic heterocycles. The van der Waals surface area contributed by atoms with Gasteiger partial charge in [0, 0.05) is 37.6 Å². The van der Waals surface area contributed by atoms with Crippen molar-refractivity contribution in [1.82, 2.24) is 19.9 Å². The summed E-state index contributed by atoms with van der Waals surface area (Å²) in [6.07, 6.45) is 1.91. The van der Waals surface area contributed by atoms with Crippen LogP contribution in [0.1, 0.15) is 23.5 Å². The SMILES string of the molecule is Cc1cc(C)nc(N(C)C(=O)C2CC(=O)N(Cc3ccccn3)C2)n1. The summed E-state index contributed by atoms with van der Waals surface area (Å²) in [5.74, 6) is -0.177. The Morgan fingerprint density at radius 3 is 2.64 bits per heavy atom. The van der Waals surface area contributed by atoms with Crippen LogP contribution < -0.4 is 4.90 Å². The Bertz CT molecular complexity index is 773. The maximum absolute atomic E-state index is 12.8. The summed E-state index contributed by atoms with van der Waals surface area (Å²) in [6, 6.07) is 7.45. The number of hydrogen-bond acceptors (Lipinski definition) is 5. The van der Waals surface area contributed by atoms with Crippen LogP contribution in [0.5, 0.6) is 0 Å². The molecule has 0 radical (unpaired) electrons. The van der Waals surface area contributed by atoms with Crippen molar-refractivity contribution >= 4 is 17.8 Å². The number of amides is 2. The first-order valence-corrected chi connectivity index (χ1v) is 8.21. The van der Waals surface area contributed by atoms with Crippen molar-refractivity contribution < 1.29 is 9.59 Å². The molecule has 130 valence electrons. The molecule has 0 aliphatic carbocycles. The van der Waals surface area contributed by atoms with Crippen LogP contribution >= 0.6 is 0 Å². The molecule has 0 aromatic carbocycles. The van der Waals surface area contributed by atoms with E-state index in [-0.39, 0.29) is 24.2 Å². The van der Waals surface area contributed by atoms with Gasteiger partial charge in [-0.15, -0.1) is 0 Å². The zero-order chi connectivity index (χ0) is 18.0. The fourth-order valence-electron chi connectivity index (χ4n) is 3.01. The third-order valence-electron chi connectivity index (χ3n) is 4.24. The highest BCUT2D eigenvalue weighted by Gasteiger charge is 2.36. The fraction of sp³-hybridized carbons (Fsp3) is 0.389. The van der Waals surface area contributed by atoms with E-state index in [1.807, 2.05) is 38.1 Å². The van der Waals surface area contributed by atoms with Crippen LogP contribution in [0.25, 0.3) is 0 Å². The maximum atomic E-state index is 12.8. The van der Waals surface area contributed by atoms with Crippen molar-refractivity contribution in [1.29, 1.82) is 0 Å². The Balaban J connectivity index is 1.69. The van der Waals surface area contributed by atoms with Crippen LogP contribution in [-0.2, 0) is 16.1 Å². The van der Waals surface area contributed by atoms with Crippen molar-refractivity contribution in [3.63, 3.8) is 0 Å². The van der Waals surface area contributed by atoms with Gasteiger partial charge in [-0.3, -0.25) is 19.5 Å². The van der Waals surface area contributed by atoms with Crippen molar-refractivity contribution in [2.75, 3.05) is 18.5 Å². The summed E-state index contributed by atoms with van der Waals surface area (Å²) in [7, 11) is 1.66. The molecular formula is C18H21N5O2. The van der Waals surface area contributed by atoms with E-state index in [2.05, 4.69) is 15.0 Å². The largest absolute Gasteiger partial charge is 0.336 e. The molecule has 3 rings (SSSR count). The van der Waals surface area contributed by atoms with E-state index >= 15 is 0 Å². The second-order valence-electron chi connectivity index (χ2n) is 6.34. The van der Waals surface area contributed by atoms with Gasteiger partial charge in [-0.05, 0) is 32.0 Å². The average Bonchev–Trinajstić information content (AvgIpc) is 2.94. The van der Waals surface area contributed by atoms with Crippen molar-refractivity contribution in [2.24, 2.45) is 5.92 Å². The van der Waals surface area contributed by atoms with Gasteiger partial charge in [-0.2, -0.15) is 0 Å². The summed E-state index contributed by atoms with van der Waals surface area (Å²) < 4.78 is 0. The van der Waals surface area contributed by atoms with E-state index in [1.165, 1.54) is 4.90 Å². The highest BCUT2D eigenvalue weighted by Crippen LogP contribution is 2.23. The lowest BCUT2D eigenvalue weighted by atomic mass is 10.1. The number of carbonyl (C=O) groups excluding carboxylic acids is 2. The molecule has 2 aromatic heterocycles. The standard InChI is InChI=1S/C18H21N5O2/c1-12-8-13(2)21-18(20-12)22(3)17(25)14-9-16(24)23(10-14)11-15-6-4-5-7-19-15/h4-8,14H,9-11H2,1-3H3. The molecule has 0 saturated carbocycles. The van der Waals surface area contributed by atoms with Gasteiger partial charge >= 0.3 is 0 Å². The van der Waals surface area contributed by atoms with Gasteiger partial charge < -0.3 is 4.90 Å². The lowest BCUT2D eigenvalue weighted by molar-refractivity contribution is -0.128. The van der Waals surface area contributed by atoms with E-state index in [1.54, 1.807) is 18.1 Å². The topological polar surface area (TPSA) is 79.3 Å². The van der Waals surface area contributed by atoms with Gasteiger partial charge in [0.25, 0.3) is 0 Å². The zero-order valence-electron chi connectivity index (χ0n) is 14.6. The molecule has 2 amide bonds. The van der Waals surface area contributed by atoms with Crippen molar-refractivity contribution in [3.8, 4) is 0 Å². The molecule has 1 fully saturated rings. The van der Waals surface area contributed by atoms with Crippen LogP contribution in [-0.4, -0.2) is 45.3 Å². The third-order valence-corrected chi connectivity index (χ3v) is 4.24. The Morgan fingerprint density at radius 2 is 2.00 bits per heavy atom. The lowest BCUT2D eigenvalue weighted by Gasteiger charge is -2.20. The summed E-state index contributed by atoms with van der Waals surface area (Å²) in [6.45, 7) is 4.55. The predicted molar refractivity (Wildman–Crippen MR) is 92.7 cm³/mol. The second-order valence-corrected chi connectivity index (χ2v) is 6.34. The number of likely N-dealkylation sites (tertiary alicyclic amines) is 1. The van der Waals surface area contributed by atoms with Gasteiger partial charge in [0.2, 0.25) is 17.8 Å². The molecule has 0 spiro atoms. The number of aromatic nitrogens is 3. The second kappa shape index (κ2) is 6.96. The normalized spacial score (nSPS) is 17.0. The number of pyridine rings is 1. The molecule has 3 heterocycles. The quantitative estimate of drug-likeness (QED) is 0.843. The predicted octanol–water partition coefficient (Wildman–Crippen LogP) is 1.50. The summed E-state index contributed by atoms with van der Waals surface area (Å²) in [4.78, 5) is 41.0. The minimum Gasteiger partial charge on any atom is -0.336 e. The van der Waals surface area contributed by atoms with Gasteiger partial charge in [-0.25, -0.2) is 9.97 Å². The summed E-state index contributed by atoms with van der Waals surface area (Å²) >= 11 is 0. The third kappa shape index (κ3) is 3.81. The van der Waals surface area contributed by atoms with Crippen LogP contribution in [0.15, 0.2) is 30.5 Å². The maximum Gasteiger partial charge on any atom is 0.234 e. The molecule has 2 aromatic rings. The molecule has 1 aliphatic rings. The van der Waals surface area contributed by atoms with E-state index in [4.69, 9.17) is 0 Å². The van der Waals surface area contributed by atoms with Crippen LogP contribution in [0.4, 0.5) is 5.95 Å². The Labute approximate surface area is 146 Å². The molecule has 0 bridgehead atoms. The van der Waals surface area contributed by atoms with E-state index in [0.29, 0.717) is 19.0 Å². The number of nitrogens with zero attached hydrogens (tertiary/aromatic N) is 5. The highest BCUT2D eigenvalue weighted by atomic mass is 16.2. The minimum atomic E-state index is -0.384. The fourth-order valence-corrected chi connectivity index (χ4v) is 3.01. The monoisotopic (exact) mass is 339 g/mol. The molecule has 0 N–H and O–H groups in total. The van der Waals surface area contributed by atoms with Crippen molar-refractivity contribution in [3.05, 3.63) is 47.5 Å².